The number of aromatic nitrogens is 1. The van der Waals surface area contributed by atoms with Crippen LogP contribution in [0.3, 0.4) is 0 Å². The normalized spacial score (nSPS) is 23.2. The topological polar surface area (TPSA) is 17.3 Å². The second kappa shape index (κ2) is 16.9. The SMILES string of the molecule is C=C/C(=N\C(CC(C)c1ccc2ccccc2c1)C1C=C(C2CC3Cc4cc(-n5c6c(c7ccccc75)CCc5ccccc5-6)ccc4C3C3=C2C=CCC3)C=C2C=CC=CC21)c1ccccc1. The van der Waals surface area contributed by atoms with Gasteiger partial charge in [-0.2, -0.15) is 0 Å². The van der Waals surface area contributed by atoms with Crippen LogP contribution in [0.1, 0.15) is 77.8 Å². The summed E-state index contributed by atoms with van der Waals surface area (Å²) in [7, 11) is 0. The van der Waals surface area contributed by atoms with Gasteiger partial charge in [-0.3, -0.25) is 4.99 Å². The van der Waals surface area contributed by atoms with Crippen molar-refractivity contribution in [1.29, 1.82) is 0 Å². The molecular formula is C66H58N2. The predicted octanol–water partition coefficient (Wildman–Crippen LogP) is 15.9. The molecule has 68 heavy (non-hydrogen) atoms. The Morgan fingerprint density at radius 1 is 0.779 bits per heavy atom. The molecule has 0 saturated carbocycles. The van der Waals surface area contributed by atoms with Crippen molar-refractivity contribution in [2.24, 2.45) is 28.7 Å². The molecule has 1 heterocycles. The summed E-state index contributed by atoms with van der Waals surface area (Å²) >= 11 is 0. The molecule has 332 valence electrons. The molecule has 2 heteroatoms. The first-order chi connectivity index (χ1) is 33.6. The number of rotatable bonds is 9. The van der Waals surface area contributed by atoms with Crippen LogP contribution in [0.5, 0.6) is 0 Å². The number of fused-ring (bicyclic) bond motifs is 11. The minimum atomic E-state index is 0.0350. The summed E-state index contributed by atoms with van der Waals surface area (Å²) in [6.07, 6.45) is 29.2. The number of allylic oxidation sites excluding steroid dienone is 12. The Kier molecular flexibility index (Phi) is 10.3. The molecule has 0 fully saturated rings. The van der Waals surface area contributed by atoms with Crippen LogP contribution in [0.4, 0.5) is 0 Å². The fourth-order valence-corrected chi connectivity index (χ4v) is 13.6. The van der Waals surface area contributed by atoms with Crippen molar-refractivity contribution in [3.63, 3.8) is 0 Å². The lowest BCUT2D eigenvalue weighted by atomic mass is 9.63. The lowest BCUT2D eigenvalue weighted by Gasteiger charge is -2.41. The third-order valence-corrected chi connectivity index (χ3v) is 16.7. The van der Waals surface area contributed by atoms with Gasteiger partial charge in [0.1, 0.15) is 0 Å². The molecule has 0 bridgehead atoms. The van der Waals surface area contributed by atoms with Crippen LogP contribution in [-0.2, 0) is 19.3 Å². The second-order valence-electron chi connectivity index (χ2n) is 20.4. The Morgan fingerprint density at radius 3 is 2.53 bits per heavy atom. The lowest BCUT2D eigenvalue weighted by Crippen LogP contribution is -2.32. The zero-order valence-corrected chi connectivity index (χ0v) is 39.1. The standard InChI is InChI=1S/C66H58N2/c1-3-62(45-19-5-4-6-20-45)67-63(35-42(2)46-30-29-43-17-7-8-21-47(43)36-46)61-40-50(37-48-22-10-11-23-53(48)61)60-41-51-38-49-39-52(32-34-54(49)65(51)58-27-14-13-25-56(58)60)68-64-28-16-15-26-57(64)59-33-31-44-18-9-12-24-55(44)66(59)68/h3-13,15-26,28-30,32,34,36-37,39-40,42,51,53,60-61,63,65H,1,14,27,31,33,35,38,41H2,2H3/b67-62+. The van der Waals surface area contributed by atoms with Gasteiger partial charge < -0.3 is 4.57 Å². The third-order valence-electron chi connectivity index (χ3n) is 16.7. The molecule has 7 unspecified atom stereocenters. The highest BCUT2D eigenvalue weighted by Gasteiger charge is 2.44. The van der Waals surface area contributed by atoms with E-state index in [0.29, 0.717) is 23.7 Å². The smallest absolute Gasteiger partial charge is 0.0644 e. The van der Waals surface area contributed by atoms with E-state index < -0.39 is 0 Å². The zero-order chi connectivity index (χ0) is 45.3. The fourth-order valence-electron chi connectivity index (χ4n) is 13.6. The maximum Gasteiger partial charge on any atom is 0.0644 e. The zero-order valence-electron chi connectivity index (χ0n) is 39.1. The van der Waals surface area contributed by atoms with E-state index in [9.17, 15) is 0 Å². The van der Waals surface area contributed by atoms with Crippen LogP contribution in [0.2, 0.25) is 0 Å². The highest BCUT2D eigenvalue weighted by Crippen LogP contribution is 2.56. The summed E-state index contributed by atoms with van der Waals surface area (Å²) in [4.78, 5) is 5.78. The highest BCUT2D eigenvalue weighted by molar-refractivity contribution is 6.08. The molecule has 7 atom stereocenters. The van der Waals surface area contributed by atoms with Gasteiger partial charge in [0.15, 0.2) is 0 Å². The van der Waals surface area contributed by atoms with Gasteiger partial charge in [-0.25, -0.2) is 0 Å². The fraction of sp³-hybridized carbons (Fsp3) is 0.227. The van der Waals surface area contributed by atoms with Crippen molar-refractivity contribution in [1.82, 2.24) is 4.57 Å². The third kappa shape index (κ3) is 6.94. The van der Waals surface area contributed by atoms with E-state index in [0.717, 1.165) is 56.2 Å². The Labute approximate surface area is 401 Å². The minimum absolute atomic E-state index is 0.0350. The number of hydrogen-bond acceptors (Lipinski definition) is 1. The first kappa shape index (κ1) is 41.2. The van der Waals surface area contributed by atoms with Gasteiger partial charge in [0.05, 0.1) is 23.0 Å². The molecule has 0 amide bonds. The molecule has 0 N–H and O–H groups in total. The van der Waals surface area contributed by atoms with Crippen LogP contribution < -0.4 is 0 Å². The number of benzene rings is 6. The Morgan fingerprint density at radius 2 is 1.62 bits per heavy atom. The molecule has 1 aromatic heterocycles. The molecule has 0 spiro atoms. The molecule has 7 aromatic rings. The number of aliphatic imine (C=N–C) groups is 1. The molecule has 6 aliphatic rings. The van der Waals surface area contributed by atoms with Crippen molar-refractivity contribution in [2.75, 3.05) is 0 Å². The van der Waals surface area contributed by atoms with Gasteiger partial charge in [-0.15, -0.1) is 0 Å². The molecular weight excluding hydrogens is 821 g/mol. The number of nitrogens with zero attached hydrogens (tertiary/aromatic N) is 2. The van der Waals surface area contributed by atoms with Crippen molar-refractivity contribution >= 4 is 27.4 Å². The number of hydrogen-bond donors (Lipinski definition) is 0. The number of para-hydroxylation sites is 1. The average molecular weight is 879 g/mol. The van der Waals surface area contributed by atoms with E-state index in [-0.39, 0.29) is 17.9 Å². The van der Waals surface area contributed by atoms with Gasteiger partial charge in [0.25, 0.3) is 0 Å². The van der Waals surface area contributed by atoms with Crippen molar-refractivity contribution in [3.8, 4) is 16.9 Å². The largest absolute Gasteiger partial charge is 0.309 e. The summed E-state index contributed by atoms with van der Waals surface area (Å²) in [6, 6.07) is 52.3. The molecule has 6 aliphatic carbocycles. The minimum Gasteiger partial charge on any atom is -0.309 e. The van der Waals surface area contributed by atoms with Crippen LogP contribution in [-0.4, -0.2) is 16.3 Å². The molecule has 13 rings (SSSR count). The average Bonchev–Trinajstić information content (AvgIpc) is 3.95. The van der Waals surface area contributed by atoms with E-state index in [2.05, 4.69) is 206 Å². The monoisotopic (exact) mass is 878 g/mol. The van der Waals surface area contributed by atoms with Gasteiger partial charge in [-0.1, -0.05) is 189 Å². The maximum absolute atomic E-state index is 5.78. The molecule has 0 aliphatic heterocycles. The maximum atomic E-state index is 5.78. The van der Waals surface area contributed by atoms with Gasteiger partial charge in [-0.05, 0) is 142 Å². The second-order valence-corrected chi connectivity index (χ2v) is 20.4. The van der Waals surface area contributed by atoms with Crippen molar-refractivity contribution in [3.05, 3.63) is 256 Å². The van der Waals surface area contributed by atoms with Crippen molar-refractivity contribution in [2.45, 2.75) is 69.7 Å². The molecule has 0 radical (unpaired) electrons. The van der Waals surface area contributed by atoms with Crippen LogP contribution in [0.25, 0.3) is 38.6 Å². The molecule has 0 saturated heterocycles. The van der Waals surface area contributed by atoms with Gasteiger partial charge in [0, 0.05) is 40.3 Å². The van der Waals surface area contributed by atoms with Crippen molar-refractivity contribution < 1.29 is 0 Å². The van der Waals surface area contributed by atoms with Crippen LogP contribution >= 0.6 is 0 Å². The van der Waals surface area contributed by atoms with Gasteiger partial charge >= 0.3 is 0 Å². The summed E-state index contributed by atoms with van der Waals surface area (Å²) in [5.41, 5.74) is 21.1. The Hall–Kier alpha value is -7.03. The van der Waals surface area contributed by atoms with E-state index in [4.69, 9.17) is 4.99 Å². The quantitative estimate of drug-likeness (QED) is 0.129. The number of aryl methyl sites for hydroxylation is 2. The summed E-state index contributed by atoms with van der Waals surface area (Å²) in [5, 5.41) is 3.98. The summed E-state index contributed by atoms with van der Waals surface area (Å²) in [5.74, 6) is 2.15. The first-order valence-electron chi connectivity index (χ1n) is 25.3. The van der Waals surface area contributed by atoms with E-state index in [1.165, 1.54) is 66.5 Å². The van der Waals surface area contributed by atoms with Gasteiger partial charge in [0.2, 0.25) is 0 Å². The van der Waals surface area contributed by atoms with Crippen LogP contribution in [0, 0.1) is 23.7 Å². The van der Waals surface area contributed by atoms with E-state index in [1.807, 2.05) is 6.08 Å². The first-order valence-corrected chi connectivity index (χ1v) is 25.3. The Bertz CT molecular complexity index is 3390. The van der Waals surface area contributed by atoms with E-state index in [1.54, 1.807) is 22.3 Å². The summed E-state index contributed by atoms with van der Waals surface area (Å²) in [6.45, 7) is 6.74. The lowest BCUT2D eigenvalue weighted by molar-refractivity contribution is 0.364. The summed E-state index contributed by atoms with van der Waals surface area (Å²) < 4.78 is 2.60. The Balaban J connectivity index is 0.884. The predicted molar refractivity (Wildman–Crippen MR) is 285 cm³/mol. The molecule has 2 nitrogen and oxygen atoms in total. The highest BCUT2D eigenvalue weighted by atomic mass is 15.0. The van der Waals surface area contributed by atoms with Crippen LogP contribution in [0.15, 0.2) is 228 Å². The van der Waals surface area contributed by atoms with E-state index >= 15 is 0 Å². The molecule has 6 aromatic carbocycles.